The van der Waals surface area contributed by atoms with Crippen LogP contribution in [0.25, 0.3) is 165 Å². The molecule has 0 saturated heterocycles. The van der Waals surface area contributed by atoms with Gasteiger partial charge in [0.1, 0.15) is 6.07 Å². The first-order valence-corrected chi connectivity index (χ1v) is 30.2. The summed E-state index contributed by atoms with van der Waals surface area (Å²) in [6.45, 7) is 0. The molecule has 0 aliphatic rings. The van der Waals surface area contributed by atoms with Gasteiger partial charge in [-0.2, -0.15) is 15.8 Å². The van der Waals surface area contributed by atoms with Crippen molar-refractivity contribution in [2.24, 2.45) is 0 Å². The maximum atomic E-state index is 12.6. The van der Waals surface area contributed by atoms with E-state index in [-0.39, 0.29) is 0 Å². The number of nitrogens with zero attached hydrogens (tertiary/aromatic N) is 6. The van der Waals surface area contributed by atoms with E-state index in [1.54, 1.807) is 0 Å². The number of aromatic nitrogens is 3. The number of thiophene rings is 3. The summed E-state index contributed by atoms with van der Waals surface area (Å²) in [5.74, 6) is 0. The van der Waals surface area contributed by atoms with E-state index < -0.39 is 0 Å². The monoisotopic (exact) mass is 1120 g/mol. The Hall–Kier alpha value is -10.8. The molecule has 0 unspecified atom stereocenters. The Morgan fingerprint density at radius 1 is 0.262 bits per heavy atom. The van der Waals surface area contributed by atoms with Crippen LogP contribution in [0.15, 0.2) is 231 Å². The molecule has 0 N–H and O–H groups in total. The van der Waals surface area contributed by atoms with Gasteiger partial charge < -0.3 is 13.7 Å². The molecule has 84 heavy (non-hydrogen) atoms. The highest BCUT2D eigenvalue weighted by Crippen LogP contribution is 2.55. The minimum Gasteiger partial charge on any atom is -0.306 e. The molecule has 0 radical (unpaired) electrons. The van der Waals surface area contributed by atoms with Gasteiger partial charge >= 0.3 is 0 Å². The highest BCUT2D eigenvalue weighted by Gasteiger charge is 2.35. The second-order valence-corrected chi connectivity index (χ2v) is 24.7. The predicted octanol–water partition coefficient (Wildman–Crippen LogP) is 21.0. The van der Waals surface area contributed by atoms with Crippen LogP contribution in [0.3, 0.4) is 0 Å². The molecule has 0 aliphatic carbocycles. The number of hydrogen-bond acceptors (Lipinski definition) is 6. The lowest BCUT2D eigenvalue weighted by Gasteiger charge is -2.29. The van der Waals surface area contributed by atoms with Gasteiger partial charge in [-0.05, 0) is 90.0 Å². The minimum absolute atomic E-state index is 0.452. The number of hydrogen-bond donors (Lipinski definition) is 0. The normalized spacial score (nSPS) is 12.0. The third-order valence-electron chi connectivity index (χ3n) is 17.4. The predicted molar refractivity (Wildman–Crippen MR) is 353 cm³/mol. The van der Waals surface area contributed by atoms with Crippen molar-refractivity contribution >= 4 is 160 Å². The van der Waals surface area contributed by atoms with Gasteiger partial charge in [-0.25, -0.2) is 0 Å². The SMILES string of the molecule is N#Cc1ccc(-c2c(C#N)c(-c3ccc(C#N)cc3)c(-n3c4ccccc4c4c5sc6ccccc6c5ccc43)c(-n3c4ccccc4c4c5sc6ccccc6c5ccc43)c2-n2c3ccccc3c3c4sc5ccccc5c4ccc32)cc1. The fourth-order valence-electron chi connectivity index (χ4n) is 13.9. The van der Waals surface area contributed by atoms with Crippen molar-refractivity contribution in [3.8, 4) is 57.5 Å². The van der Waals surface area contributed by atoms with E-state index in [0.717, 1.165) is 93.6 Å². The van der Waals surface area contributed by atoms with E-state index in [1.165, 1.54) is 60.5 Å². The number of benzene rings is 12. The second-order valence-electron chi connectivity index (χ2n) is 21.5. The van der Waals surface area contributed by atoms with Crippen LogP contribution < -0.4 is 0 Å². The topological polar surface area (TPSA) is 86.2 Å². The standard InChI is InChI=1S/C75H38N6S3/c76-39-42-25-29-44(30-26-42)65-55(41-78)66(45-31-27-43(40-77)28-32-45)71(80-57-20-8-2-17-53(57)68-60(80)37-34-50-47-14-5-11-23-63(47)83-74(50)68)72(81-58-21-9-3-18-54(58)69-61(81)38-35-51-48-15-6-12-24-64(48)84-75(51)69)70(65)79-56-19-7-1-16-52(56)67-59(79)36-33-49-46-13-4-10-22-62(46)82-73(49)67/h1-38H. The summed E-state index contributed by atoms with van der Waals surface area (Å²) < 4.78 is 14.6. The maximum Gasteiger partial charge on any atom is 0.101 e. The fourth-order valence-corrected chi connectivity index (χ4v) is 17.7. The first kappa shape index (κ1) is 46.9. The number of rotatable bonds is 5. The summed E-state index contributed by atoms with van der Waals surface area (Å²) in [4.78, 5) is 0. The molecule has 0 aliphatic heterocycles. The van der Waals surface area contributed by atoms with Gasteiger partial charge in [-0.1, -0.05) is 152 Å². The van der Waals surface area contributed by atoms with Gasteiger partial charge in [0.2, 0.25) is 0 Å². The van der Waals surface area contributed by atoms with Crippen molar-refractivity contribution in [3.63, 3.8) is 0 Å². The molecule has 0 saturated carbocycles. The summed E-state index contributed by atoms with van der Waals surface area (Å²) >= 11 is 5.46. The Morgan fingerprint density at radius 3 is 0.905 bits per heavy atom. The molecule has 0 atom stereocenters. The zero-order chi connectivity index (χ0) is 55.5. The lowest BCUT2D eigenvalue weighted by molar-refractivity contribution is 1.05. The summed E-state index contributed by atoms with van der Waals surface area (Å²) in [6, 6.07) is 89.3. The molecule has 18 aromatic rings. The first-order chi connectivity index (χ1) is 41.6. The van der Waals surface area contributed by atoms with E-state index in [9.17, 15) is 15.8 Å². The van der Waals surface area contributed by atoms with Crippen molar-refractivity contribution in [3.05, 3.63) is 247 Å². The molecule has 0 amide bonds. The average molecular weight is 1120 g/mol. The fraction of sp³-hybridized carbons (Fsp3) is 0. The van der Waals surface area contributed by atoms with Crippen LogP contribution in [-0.4, -0.2) is 13.7 Å². The van der Waals surface area contributed by atoms with Gasteiger partial charge in [0.15, 0.2) is 0 Å². The molecule has 6 aromatic heterocycles. The number of nitriles is 3. The van der Waals surface area contributed by atoms with Crippen molar-refractivity contribution < 1.29 is 0 Å². The van der Waals surface area contributed by atoms with Crippen molar-refractivity contribution in [1.29, 1.82) is 15.8 Å². The molecule has 0 bridgehead atoms. The molecule has 9 heteroatoms. The van der Waals surface area contributed by atoms with Gasteiger partial charge in [0.25, 0.3) is 0 Å². The lowest BCUT2D eigenvalue weighted by atomic mass is 9.87. The van der Waals surface area contributed by atoms with Crippen LogP contribution in [0.4, 0.5) is 0 Å². The highest BCUT2D eigenvalue weighted by molar-refractivity contribution is 7.27. The quantitative estimate of drug-likeness (QED) is 0.172. The smallest absolute Gasteiger partial charge is 0.101 e. The number of para-hydroxylation sites is 3. The summed E-state index contributed by atoms with van der Waals surface area (Å²) in [7, 11) is 0. The minimum atomic E-state index is 0.452. The Labute approximate surface area is 490 Å². The largest absolute Gasteiger partial charge is 0.306 e. The van der Waals surface area contributed by atoms with Crippen LogP contribution in [0, 0.1) is 34.0 Å². The average Bonchev–Trinajstić information content (AvgIpc) is 2.27. The van der Waals surface area contributed by atoms with Crippen LogP contribution >= 0.6 is 34.0 Å². The van der Waals surface area contributed by atoms with Crippen molar-refractivity contribution in [2.45, 2.75) is 0 Å². The third-order valence-corrected chi connectivity index (χ3v) is 21.0. The van der Waals surface area contributed by atoms with Crippen molar-refractivity contribution in [1.82, 2.24) is 13.7 Å². The molecule has 18 rings (SSSR count). The lowest BCUT2D eigenvalue weighted by Crippen LogP contribution is -2.14. The van der Waals surface area contributed by atoms with E-state index in [2.05, 4.69) is 214 Å². The zero-order valence-corrected chi connectivity index (χ0v) is 46.8. The Morgan fingerprint density at radius 2 is 0.571 bits per heavy atom. The Balaban J connectivity index is 1.16. The van der Waals surface area contributed by atoms with E-state index in [0.29, 0.717) is 27.8 Å². The van der Waals surface area contributed by atoms with E-state index in [1.807, 2.05) is 82.5 Å². The maximum absolute atomic E-state index is 12.6. The molecule has 386 valence electrons. The van der Waals surface area contributed by atoms with E-state index >= 15 is 0 Å². The van der Waals surface area contributed by atoms with E-state index in [4.69, 9.17) is 0 Å². The van der Waals surface area contributed by atoms with Crippen LogP contribution in [0.1, 0.15) is 16.7 Å². The number of fused-ring (bicyclic) bond motifs is 21. The molecule has 0 fully saturated rings. The van der Waals surface area contributed by atoms with Crippen LogP contribution in [0.2, 0.25) is 0 Å². The summed E-state index contributed by atoms with van der Waals surface area (Å²) in [5, 5.41) is 47.4. The Bertz CT molecular complexity index is 5810. The summed E-state index contributed by atoms with van der Waals surface area (Å²) in [6.07, 6.45) is 0. The van der Waals surface area contributed by atoms with Gasteiger partial charge in [-0.3, -0.25) is 0 Å². The third kappa shape index (κ3) is 6.28. The summed E-state index contributed by atoms with van der Waals surface area (Å²) in [5.41, 5.74) is 12.9. The molecular formula is C75H38N6S3. The molecule has 6 nitrogen and oxygen atoms in total. The van der Waals surface area contributed by atoms with Crippen LogP contribution in [0.5, 0.6) is 0 Å². The zero-order valence-electron chi connectivity index (χ0n) is 44.3. The Kier molecular flexibility index (Phi) is 9.81. The molecule has 6 heterocycles. The first-order valence-electron chi connectivity index (χ1n) is 27.7. The van der Waals surface area contributed by atoms with Gasteiger partial charge in [-0.15, -0.1) is 34.0 Å². The second kappa shape index (κ2) is 17.6. The molecular weight excluding hydrogens is 1080 g/mol. The van der Waals surface area contributed by atoms with Crippen LogP contribution in [-0.2, 0) is 0 Å². The highest BCUT2D eigenvalue weighted by atomic mass is 32.1. The molecule has 12 aromatic carbocycles. The van der Waals surface area contributed by atoms with Crippen molar-refractivity contribution in [2.75, 3.05) is 0 Å². The van der Waals surface area contributed by atoms with Gasteiger partial charge in [0.05, 0.1) is 79.0 Å². The van der Waals surface area contributed by atoms with Gasteiger partial charge in [0, 0.05) is 104 Å². The molecule has 0 spiro atoms.